The number of likely N-dealkylation sites (N-methyl/N-ethyl adjacent to an activating group) is 1. The molecule has 3 rings (SSSR count). The van der Waals surface area contributed by atoms with E-state index in [0.29, 0.717) is 10.5 Å². The van der Waals surface area contributed by atoms with Gasteiger partial charge in [-0.05, 0) is 17.7 Å². The fourth-order valence-corrected chi connectivity index (χ4v) is 3.24. The smallest absolute Gasteiger partial charge is 0.268 e. The first-order chi connectivity index (χ1) is 10.2. The van der Waals surface area contributed by atoms with Gasteiger partial charge in [0, 0.05) is 11.9 Å². The first-order valence-electron chi connectivity index (χ1n) is 6.53. The van der Waals surface area contributed by atoms with E-state index in [1.54, 1.807) is 0 Å². The molecule has 3 nitrogen and oxygen atoms in total. The van der Waals surface area contributed by atoms with Gasteiger partial charge in [0.2, 0.25) is 0 Å². The number of carbonyl (C=O) groups is 2. The number of thioether (sulfide) groups is 1. The van der Waals surface area contributed by atoms with E-state index in [4.69, 9.17) is 0 Å². The molecule has 0 radical (unpaired) electrons. The molecule has 2 amide bonds. The predicted octanol–water partition coefficient (Wildman–Crippen LogP) is 3.19. The third-order valence-corrected chi connectivity index (χ3v) is 4.36. The van der Waals surface area contributed by atoms with Crippen LogP contribution in [0.1, 0.15) is 5.56 Å². The number of benzene rings is 2. The Bertz CT molecular complexity index is 723. The zero-order valence-corrected chi connectivity index (χ0v) is 12.3. The lowest BCUT2D eigenvalue weighted by Gasteiger charge is -2.06. The largest absolute Gasteiger partial charge is 0.277 e. The lowest BCUT2D eigenvalue weighted by molar-refractivity contribution is -0.134. The van der Waals surface area contributed by atoms with Gasteiger partial charge in [0.25, 0.3) is 11.8 Å². The maximum atomic E-state index is 12.4. The predicted molar refractivity (Wildman–Crippen MR) is 83.4 cm³/mol. The molecule has 0 N–H and O–H groups in total. The van der Waals surface area contributed by atoms with Crippen molar-refractivity contribution in [1.82, 2.24) is 4.90 Å². The van der Waals surface area contributed by atoms with Crippen LogP contribution in [0.15, 0.2) is 70.5 Å². The summed E-state index contributed by atoms with van der Waals surface area (Å²) in [5, 5.41) is 0. The van der Waals surface area contributed by atoms with E-state index < -0.39 is 0 Å². The minimum Gasteiger partial charge on any atom is -0.277 e. The first kappa shape index (κ1) is 13.6. The van der Waals surface area contributed by atoms with E-state index in [2.05, 4.69) is 0 Å². The first-order valence-corrected chi connectivity index (χ1v) is 7.35. The Hall–Kier alpha value is -2.33. The van der Waals surface area contributed by atoms with Gasteiger partial charge in [-0.1, -0.05) is 60.3 Å². The normalized spacial score (nSPS) is 15.0. The van der Waals surface area contributed by atoms with Gasteiger partial charge in [0.1, 0.15) is 0 Å². The van der Waals surface area contributed by atoms with Gasteiger partial charge in [-0.2, -0.15) is 0 Å². The number of nitrogens with zero attached hydrogens (tertiary/aromatic N) is 1. The minimum absolute atomic E-state index is 0.243. The van der Waals surface area contributed by atoms with Crippen LogP contribution in [0.25, 0.3) is 5.57 Å². The van der Waals surface area contributed by atoms with Crippen molar-refractivity contribution in [2.45, 2.75) is 4.90 Å². The van der Waals surface area contributed by atoms with E-state index in [9.17, 15) is 9.59 Å². The molecule has 0 saturated heterocycles. The van der Waals surface area contributed by atoms with E-state index in [0.717, 1.165) is 10.5 Å². The van der Waals surface area contributed by atoms with Crippen molar-refractivity contribution in [2.24, 2.45) is 0 Å². The highest BCUT2D eigenvalue weighted by Gasteiger charge is 2.36. The number of rotatable bonds is 3. The van der Waals surface area contributed by atoms with Gasteiger partial charge in [0.05, 0.1) is 10.5 Å². The molecule has 2 aromatic rings. The number of carbonyl (C=O) groups excluding carboxylic acids is 2. The Labute approximate surface area is 127 Å². The van der Waals surface area contributed by atoms with E-state index in [1.165, 1.54) is 23.7 Å². The molecule has 0 aliphatic carbocycles. The average molecular weight is 295 g/mol. The standard InChI is InChI=1S/C17H13NO2S/c1-18-16(19)14(12-8-4-2-5-9-12)15(17(18)20)21-13-10-6-3-7-11-13/h2-11H,1H3. The van der Waals surface area contributed by atoms with Gasteiger partial charge in [-0.3, -0.25) is 14.5 Å². The number of hydrogen-bond acceptors (Lipinski definition) is 3. The van der Waals surface area contributed by atoms with Gasteiger partial charge in [0.15, 0.2) is 0 Å². The van der Waals surface area contributed by atoms with Gasteiger partial charge < -0.3 is 0 Å². The van der Waals surface area contributed by atoms with Crippen molar-refractivity contribution in [3.63, 3.8) is 0 Å². The van der Waals surface area contributed by atoms with Crippen LogP contribution < -0.4 is 0 Å². The second-order valence-electron chi connectivity index (χ2n) is 4.65. The van der Waals surface area contributed by atoms with Crippen LogP contribution in [0.4, 0.5) is 0 Å². The van der Waals surface area contributed by atoms with E-state index in [1.807, 2.05) is 60.7 Å². The monoisotopic (exact) mass is 295 g/mol. The molecule has 1 aliphatic heterocycles. The van der Waals surface area contributed by atoms with Crippen LogP contribution in [0, 0.1) is 0 Å². The van der Waals surface area contributed by atoms with Crippen molar-refractivity contribution in [1.29, 1.82) is 0 Å². The lowest BCUT2D eigenvalue weighted by atomic mass is 10.1. The summed E-state index contributed by atoms with van der Waals surface area (Å²) < 4.78 is 0. The number of amides is 2. The number of imide groups is 1. The second-order valence-corrected chi connectivity index (χ2v) is 5.74. The highest BCUT2D eigenvalue weighted by molar-refractivity contribution is 8.04. The fraction of sp³-hybridized carbons (Fsp3) is 0.0588. The summed E-state index contributed by atoms with van der Waals surface area (Å²) in [5.41, 5.74) is 1.26. The summed E-state index contributed by atoms with van der Waals surface area (Å²) in [6, 6.07) is 18.9. The maximum Gasteiger partial charge on any atom is 0.268 e. The summed E-state index contributed by atoms with van der Waals surface area (Å²) in [6.45, 7) is 0. The van der Waals surface area contributed by atoms with Gasteiger partial charge >= 0.3 is 0 Å². The Morgan fingerprint density at radius 2 is 1.38 bits per heavy atom. The molecule has 0 unspecified atom stereocenters. The summed E-state index contributed by atoms with van der Waals surface area (Å²) >= 11 is 1.34. The Kier molecular flexibility index (Phi) is 3.62. The third kappa shape index (κ3) is 2.50. The Morgan fingerprint density at radius 3 is 2.00 bits per heavy atom. The summed E-state index contributed by atoms with van der Waals surface area (Å²) in [7, 11) is 1.52. The molecule has 0 aromatic heterocycles. The quantitative estimate of drug-likeness (QED) is 0.816. The molecular weight excluding hydrogens is 282 g/mol. The molecule has 1 aliphatic rings. The van der Waals surface area contributed by atoms with Crippen molar-refractivity contribution in [3.05, 3.63) is 71.1 Å². The highest BCUT2D eigenvalue weighted by Crippen LogP contribution is 2.38. The van der Waals surface area contributed by atoms with Crippen LogP contribution in [0.2, 0.25) is 0 Å². The fourth-order valence-electron chi connectivity index (χ4n) is 2.18. The van der Waals surface area contributed by atoms with Crippen molar-refractivity contribution >= 4 is 29.1 Å². The molecule has 0 spiro atoms. The van der Waals surface area contributed by atoms with Crippen LogP contribution in [-0.2, 0) is 9.59 Å². The molecule has 0 fully saturated rings. The van der Waals surface area contributed by atoms with Gasteiger partial charge in [-0.25, -0.2) is 0 Å². The minimum atomic E-state index is -0.246. The van der Waals surface area contributed by atoms with E-state index >= 15 is 0 Å². The average Bonchev–Trinajstić information content (AvgIpc) is 2.74. The van der Waals surface area contributed by atoms with Crippen LogP contribution >= 0.6 is 11.8 Å². The molecule has 2 aromatic carbocycles. The SMILES string of the molecule is CN1C(=O)C(Sc2ccccc2)=C(c2ccccc2)C1=O. The molecule has 0 saturated carbocycles. The van der Waals surface area contributed by atoms with E-state index in [-0.39, 0.29) is 11.8 Å². The van der Waals surface area contributed by atoms with Crippen LogP contribution in [0.3, 0.4) is 0 Å². The zero-order chi connectivity index (χ0) is 14.8. The molecule has 104 valence electrons. The molecule has 21 heavy (non-hydrogen) atoms. The number of hydrogen-bond donors (Lipinski definition) is 0. The van der Waals surface area contributed by atoms with Crippen molar-refractivity contribution in [3.8, 4) is 0 Å². The van der Waals surface area contributed by atoms with Crippen molar-refractivity contribution < 1.29 is 9.59 Å². The third-order valence-electron chi connectivity index (χ3n) is 3.27. The molecule has 1 heterocycles. The maximum absolute atomic E-state index is 12.4. The Morgan fingerprint density at radius 1 is 0.810 bits per heavy atom. The Balaban J connectivity index is 2.09. The van der Waals surface area contributed by atoms with Crippen molar-refractivity contribution in [2.75, 3.05) is 7.05 Å². The van der Waals surface area contributed by atoms with Crippen LogP contribution in [0.5, 0.6) is 0 Å². The molecule has 0 bridgehead atoms. The molecule has 4 heteroatoms. The lowest BCUT2D eigenvalue weighted by Crippen LogP contribution is -2.26. The summed E-state index contributed by atoms with van der Waals surface area (Å²) in [4.78, 5) is 27.3. The van der Waals surface area contributed by atoms with Crippen LogP contribution in [-0.4, -0.2) is 23.8 Å². The van der Waals surface area contributed by atoms with Gasteiger partial charge in [-0.15, -0.1) is 0 Å². The zero-order valence-electron chi connectivity index (χ0n) is 11.4. The highest BCUT2D eigenvalue weighted by atomic mass is 32.2. The second kappa shape index (κ2) is 5.58. The summed E-state index contributed by atoms with van der Waals surface area (Å²) in [6.07, 6.45) is 0. The molecule has 0 atom stereocenters. The molecular formula is C17H13NO2S. The topological polar surface area (TPSA) is 37.4 Å². The summed E-state index contributed by atoms with van der Waals surface area (Å²) in [5.74, 6) is -0.489.